The molecular formula is C13H23N3O2S. The van der Waals surface area contributed by atoms with Crippen LogP contribution in [0.5, 0.6) is 0 Å². The molecule has 2 rings (SSSR count). The molecule has 1 heterocycles. The van der Waals surface area contributed by atoms with Gasteiger partial charge in [-0.15, -0.1) is 11.3 Å². The highest BCUT2D eigenvalue weighted by atomic mass is 32.1. The van der Waals surface area contributed by atoms with Crippen LogP contribution in [0.1, 0.15) is 18.5 Å². The highest BCUT2D eigenvalue weighted by Gasteiger charge is 2.28. The van der Waals surface area contributed by atoms with Gasteiger partial charge in [-0.25, -0.2) is 4.98 Å². The summed E-state index contributed by atoms with van der Waals surface area (Å²) >= 11 is 1.70. The molecule has 1 aliphatic rings. The molecular weight excluding hydrogens is 262 g/mol. The number of aliphatic hydroxyl groups excluding tert-OH is 1. The van der Waals surface area contributed by atoms with Crippen molar-refractivity contribution >= 4 is 16.5 Å². The van der Waals surface area contributed by atoms with Crippen LogP contribution in [-0.4, -0.2) is 61.5 Å². The summed E-state index contributed by atoms with van der Waals surface area (Å²) in [5, 5.41) is 12.9. The number of aromatic nitrogens is 1. The van der Waals surface area contributed by atoms with Crippen LogP contribution in [0.4, 0.5) is 5.13 Å². The summed E-state index contributed by atoms with van der Waals surface area (Å²) in [5.74, 6) is 0. The lowest BCUT2D eigenvalue weighted by molar-refractivity contribution is 0.0417. The average molecular weight is 285 g/mol. The van der Waals surface area contributed by atoms with Crippen LogP contribution in [0, 0.1) is 0 Å². The molecule has 0 radical (unpaired) electrons. The zero-order chi connectivity index (χ0) is 13.8. The Bertz CT molecular complexity index is 395. The summed E-state index contributed by atoms with van der Waals surface area (Å²) in [6, 6.07) is 0.695. The van der Waals surface area contributed by atoms with Crippen molar-refractivity contribution in [3.05, 3.63) is 11.1 Å². The third-order valence-electron chi connectivity index (χ3n) is 3.25. The molecule has 1 atom stereocenters. The minimum Gasteiger partial charge on any atom is -0.389 e. The monoisotopic (exact) mass is 285 g/mol. The minimum atomic E-state index is -0.442. The zero-order valence-electron chi connectivity index (χ0n) is 11.9. The van der Waals surface area contributed by atoms with Crippen molar-refractivity contribution in [2.24, 2.45) is 0 Å². The highest BCUT2D eigenvalue weighted by Crippen LogP contribution is 2.32. The van der Waals surface area contributed by atoms with E-state index in [-0.39, 0.29) is 0 Å². The zero-order valence-corrected chi connectivity index (χ0v) is 12.7. The van der Waals surface area contributed by atoms with E-state index in [1.54, 1.807) is 18.4 Å². The number of likely N-dealkylation sites (N-methyl/N-ethyl adjacent to an activating group) is 1. The number of anilines is 1. The molecule has 0 aliphatic heterocycles. The standard InChI is InChI=1S/C13H23N3O2S/c1-15(7-12(17)8-18-3)6-10-9-19-13(14-10)16(2)11-4-5-11/h9,11-12,17H,4-8H2,1-3H3. The van der Waals surface area contributed by atoms with Crippen LogP contribution in [0.15, 0.2) is 5.38 Å². The summed E-state index contributed by atoms with van der Waals surface area (Å²) in [6.07, 6.45) is 2.13. The lowest BCUT2D eigenvalue weighted by Crippen LogP contribution is -2.31. The summed E-state index contributed by atoms with van der Waals surface area (Å²) in [5.41, 5.74) is 1.07. The first-order valence-electron chi connectivity index (χ1n) is 6.63. The normalized spacial score (nSPS) is 16.9. The molecule has 1 aliphatic carbocycles. The van der Waals surface area contributed by atoms with Crippen LogP contribution in [0.2, 0.25) is 0 Å². The Balaban J connectivity index is 1.81. The van der Waals surface area contributed by atoms with E-state index in [9.17, 15) is 5.11 Å². The van der Waals surface area contributed by atoms with E-state index in [4.69, 9.17) is 4.74 Å². The van der Waals surface area contributed by atoms with Crippen LogP contribution < -0.4 is 4.90 Å². The summed E-state index contributed by atoms with van der Waals surface area (Å²) < 4.78 is 4.93. The second kappa shape index (κ2) is 6.65. The van der Waals surface area contributed by atoms with Gasteiger partial charge in [0.2, 0.25) is 0 Å². The Morgan fingerprint density at radius 1 is 1.53 bits per heavy atom. The van der Waals surface area contributed by atoms with Crippen LogP contribution in [0.3, 0.4) is 0 Å². The molecule has 1 saturated carbocycles. The molecule has 1 unspecified atom stereocenters. The maximum Gasteiger partial charge on any atom is 0.185 e. The van der Waals surface area contributed by atoms with Gasteiger partial charge in [-0.05, 0) is 19.9 Å². The number of nitrogens with zero attached hydrogens (tertiary/aromatic N) is 3. The van der Waals surface area contributed by atoms with Gasteiger partial charge >= 0.3 is 0 Å². The quantitative estimate of drug-likeness (QED) is 0.777. The van der Waals surface area contributed by atoms with Crippen LogP contribution in [0.25, 0.3) is 0 Å². The van der Waals surface area contributed by atoms with Crippen LogP contribution in [-0.2, 0) is 11.3 Å². The van der Waals surface area contributed by atoms with Crippen molar-refractivity contribution in [1.29, 1.82) is 0 Å². The largest absolute Gasteiger partial charge is 0.389 e. The van der Waals surface area contributed by atoms with Gasteiger partial charge < -0.3 is 14.7 Å². The molecule has 5 nitrogen and oxygen atoms in total. The maximum absolute atomic E-state index is 9.68. The summed E-state index contributed by atoms with van der Waals surface area (Å²) in [7, 11) is 5.71. The highest BCUT2D eigenvalue weighted by molar-refractivity contribution is 7.13. The Labute approximate surface area is 118 Å². The smallest absolute Gasteiger partial charge is 0.185 e. The molecule has 0 saturated heterocycles. The molecule has 1 fully saturated rings. The van der Waals surface area contributed by atoms with Crippen molar-refractivity contribution in [1.82, 2.24) is 9.88 Å². The van der Waals surface area contributed by atoms with Crippen molar-refractivity contribution in [2.45, 2.75) is 31.5 Å². The molecule has 0 aromatic carbocycles. The van der Waals surface area contributed by atoms with E-state index in [0.717, 1.165) is 17.4 Å². The second-order valence-corrected chi connectivity index (χ2v) is 6.11. The molecule has 19 heavy (non-hydrogen) atoms. The predicted molar refractivity (Wildman–Crippen MR) is 77.8 cm³/mol. The molecule has 108 valence electrons. The Morgan fingerprint density at radius 2 is 2.26 bits per heavy atom. The number of thiazole rings is 1. The van der Waals surface area contributed by atoms with E-state index in [1.165, 1.54) is 12.8 Å². The lowest BCUT2D eigenvalue weighted by atomic mass is 10.3. The molecule has 0 bridgehead atoms. The first-order valence-corrected chi connectivity index (χ1v) is 7.51. The summed E-state index contributed by atoms with van der Waals surface area (Å²) in [6.45, 7) is 1.73. The first kappa shape index (κ1) is 14.7. The first-order chi connectivity index (χ1) is 9.10. The predicted octanol–water partition coefficient (Wildman–Crippen LogP) is 1.18. The van der Waals surface area contributed by atoms with Gasteiger partial charge in [0.05, 0.1) is 18.4 Å². The second-order valence-electron chi connectivity index (χ2n) is 5.27. The maximum atomic E-state index is 9.68. The van der Waals surface area contributed by atoms with Gasteiger partial charge in [0.25, 0.3) is 0 Å². The fourth-order valence-corrected chi connectivity index (χ4v) is 2.95. The molecule has 1 aromatic heterocycles. The minimum absolute atomic E-state index is 0.372. The van der Waals surface area contributed by atoms with Gasteiger partial charge in [-0.3, -0.25) is 4.90 Å². The fraction of sp³-hybridized carbons (Fsp3) is 0.769. The molecule has 1 N–H and O–H groups in total. The third-order valence-corrected chi connectivity index (χ3v) is 4.23. The van der Waals surface area contributed by atoms with E-state index >= 15 is 0 Å². The SMILES string of the molecule is COCC(O)CN(C)Cc1csc(N(C)C2CC2)n1. The molecule has 1 aromatic rings. The number of aliphatic hydroxyl groups is 1. The van der Waals surface area contributed by atoms with Crippen molar-refractivity contribution < 1.29 is 9.84 Å². The molecule has 6 heteroatoms. The average Bonchev–Trinajstić information content (AvgIpc) is 3.09. The fourth-order valence-electron chi connectivity index (χ4n) is 2.09. The number of hydrogen-bond acceptors (Lipinski definition) is 6. The van der Waals surface area contributed by atoms with Crippen molar-refractivity contribution in [3.8, 4) is 0 Å². The van der Waals surface area contributed by atoms with Gasteiger partial charge in [-0.2, -0.15) is 0 Å². The van der Waals surface area contributed by atoms with Gasteiger partial charge in [0.1, 0.15) is 0 Å². The van der Waals surface area contributed by atoms with E-state index in [1.807, 2.05) is 7.05 Å². The Hall–Kier alpha value is -0.690. The Morgan fingerprint density at radius 3 is 2.89 bits per heavy atom. The summed E-state index contributed by atoms with van der Waals surface area (Å²) in [4.78, 5) is 9.00. The molecule has 0 amide bonds. The number of rotatable bonds is 8. The van der Waals surface area contributed by atoms with Gasteiger partial charge in [0.15, 0.2) is 5.13 Å². The lowest BCUT2D eigenvalue weighted by Gasteiger charge is -2.19. The van der Waals surface area contributed by atoms with E-state index in [2.05, 4.69) is 27.2 Å². The van der Waals surface area contributed by atoms with Crippen molar-refractivity contribution in [3.63, 3.8) is 0 Å². The number of hydrogen-bond donors (Lipinski definition) is 1. The third kappa shape index (κ3) is 4.42. The van der Waals surface area contributed by atoms with E-state index < -0.39 is 6.10 Å². The topological polar surface area (TPSA) is 48.8 Å². The number of methoxy groups -OCH3 is 1. The van der Waals surface area contributed by atoms with Crippen LogP contribution >= 0.6 is 11.3 Å². The van der Waals surface area contributed by atoms with Gasteiger partial charge in [-0.1, -0.05) is 0 Å². The number of ether oxygens (including phenoxy) is 1. The molecule has 0 spiro atoms. The van der Waals surface area contributed by atoms with Crippen molar-refractivity contribution in [2.75, 3.05) is 39.3 Å². The van der Waals surface area contributed by atoms with E-state index in [0.29, 0.717) is 19.2 Å². The van der Waals surface area contributed by atoms with Gasteiger partial charge in [0, 0.05) is 38.7 Å². The Kier molecular flexibility index (Phi) is 5.15.